The van der Waals surface area contributed by atoms with Crippen molar-refractivity contribution in [3.63, 3.8) is 0 Å². The number of unbranched alkanes of at least 4 members (excludes halogenated alkanes) is 24. The second kappa shape index (κ2) is 44.5. The lowest BCUT2D eigenvalue weighted by atomic mass is 9.96. The summed E-state index contributed by atoms with van der Waals surface area (Å²) >= 11 is 0. The van der Waals surface area contributed by atoms with Gasteiger partial charge in [-0.25, -0.2) is 0 Å². The molecule has 0 aromatic rings. The normalized spacial score (nSPS) is 30.2. The Kier molecular flexibility index (Phi) is 40.2. The molecule has 17 atom stereocenters. The Labute approximate surface area is 479 Å². The van der Waals surface area contributed by atoms with Crippen molar-refractivity contribution in [3.8, 4) is 0 Å². The quantitative estimate of drug-likeness (QED) is 0.0242. The third-order valence-corrected chi connectivity index (χ3v) is 15.7. The van der Waals surface area contributed by atoms with Gasteiger partial charge in [0, 0.05) is 6.42 Å². The van der Waals surface area contributed by atoms with E-state index < -0.39 is 124 Å². The second-order valence-corrected chi connectivity index (χ2v) is 22.5. The molecule has 3 saturated heterocycles. The molecule has 3 fully saturated rings. The molecule has 80 heavy (non-hydrogen) atoms. The van der Waals surface area contributed by atoms with Crippen LogP contribution in [-0.4, -0.2) is 193 Å². The highest BCUT2D eigenvalue weighted by Gasteiger charge is 2.53. The third-order valence-electron chi connectivity index (χ3n) is 15.7. The number of carbonyl (C=O) groups excluding carboxylic acids is 1. The van der Waals surface area contributed by atoms with Crippen LogP contribution in [0.4, 0.5) is 0 Å². The first-order valence-corrected chi connectivity index (χ1v) is 31.2. The molecular formula is C61H111NO18. The van der Waals surface area contributed by atoms with E-state index in [1.165, 1.54) is 96.3 Å². The molecular weight excluding hydrogens is 1030 g/mol. The molecule has 3 aliphatic heterocycles. The second-order valence-electron chi connectivity index (χ2n) is 22.5. The fourth-order valence-electron chi connectivity index (χ4n) is 10.6. The van der Waals surface area contributed by atoms with Crippen molar-refractivity contribution in [2.24, 2.45) is 0 Å². The van der Waals surface area contributed by atoms with Crippen molar-refractivity contribution in [2.75, 3.05) is 26.4 Å². The third kappa shape index (κ3) is 27.8. The SMILES string of the molecule is CCCCC/C=C\C/C=C\C/C=C\CCCCCCCCC(=O)NC(COC1OC(CO)C(OC2OC(CO)C(OC3OC(CO)C(O)C(O)C3O)C(O)C2O)C(O)C1O)C(O)CCCCCCCCCCCCCCCCCC. The van der Waals surface area contributed by atoms with Crippen molar-refractivity contribution in [2.45, 2.75) is 317 Å². The Bertz CT molecular complexity index is 1600. The van der Waals surface area contributed by atoms with Gasteiger partial charge in [0.2, 0.25) is 5.91 Å². The van der Waals surface area contributed by atoms with E-state index >= 15 is 0 Å². The number of rotatable bonds is 46. The van der Waals surface area contributed by atoms with E-state index in [4.69, 9.17) is 28.4 Å². The summed E-state index contributed by atoms with van der Waals surface area (Å²) < 4.78 is 34.3. The molecule has 0 spiro atoms. The number of aliphatic hydroxyl groups is 11. The van der Waals surface area contributed by atoms with Crippen LogP contribution in [0.1, 0.15) is 213 Å². The monoisotopic (exact) mass is 1150 g/mol. The summed E-state index contributed by atoms with van der Waals surface area (Å²) in [4.78, 5) is 13.4. The van der Waals surface area contributed by atoms with Gasteiger partial charge in [-0.15, -0.1) is 0 Å². The van der Waals surface area contributed by atoms with Crippen LogP contribution in [0.3, 0.4) is 0 Å². The molecule has 0 radical (unpaired) electrons. The number of allylic oxidation sites excluding steroid dienone is 6. The smallest absolute Gasteiger partial charge is 0.220 e. The number of nitrogens with one attached hydrogen (secondary N) is 1. The number of aliphatic hydroxyl groups excluding tert-OH is 11. The molecule has 1 amide bonds. The van der Waals surface area contributed by atoms with Gasteiger partial charge in [0.15, 0.2) is 18.9 Å². The lowest BCUT2D eigenvalue weighted by Crippen LogP contribution is -2.66. The fraction of sp³-hybridized carbons (Fsp3) is 0.885. The van der Waals surface area contributed by atoms with Crippen LogP contribution >= 0.6 is 0 Å². The van der Waals surface area contributed by atoms with E-state index in [1.807, 2.05) is 0 Å². The highest BCUT2D eigenvalue weighted by molar-refractivity contribution is 5.76. The Hall–Kier alpha value is -1.99. The summed E-state index contributed by atoms with van der Waals surface area (Å²) in [5.41, 5.74) is 0. The number of hydrogen-bond acceptors (Lipinski definition) is 18. The standard InChI is InChI=1S/C61H111NO18/c1-3-5-7-9-11-13-15-17-19-21-22-23-25-27-29-31-33-35-37-39-49(67)62-44(45(66)38-36-34-32-30-28-26-24-20-18-16-14-12-10-8-6-4-2)43-75-59-55(73)52(70)57(47(41-64)77-59)80-61-56(74)53(71)58(48(42-65)78-61)79-60-54(72)51(69)50(68)46(40-63)76-60/h11,13,17,19,22-23,44-48,50-61,63-66,68-74H,3-10,12,14-16,18,20-21,24-43H2,1-2H3,(H,62,67)/b13-11-,19-17-,23-22-. The van der Waals surface area contributed by atoms with Crippen LogP contribution in [0.25, 0.3) is 0 Å². The molecule has 19 nitrogen and oxygen atoms in total. The van der Waals surface area contributed by atoms with E-state index in [0.717, 1.165) is 83.5 Å². The van der Waals surface area contributed by atoms with Crippen LogP contribution in [0, 0.1) is 0 Å². The fourth-order valence-corrected chi connectivity index (χ4v) is 10.6. The zero-order valence-corrected chi connectivity index (χ0v) is 48.8. The van der Waals surface area contributed by atoms with Crippen molar-refractivity contribution >= 4 is 5.91 Å². The Morgan fingerprint density at radius 3 is 1.31 bits per heavy atom. The van der Waals surface area contributed by atoms with Crippen molar-refractivity contribution in [1.29, 1.82) is 0 Å². The van der Waals surface area contributed by atoms with Gasteiger partial charge in [-0.2, -0.15) is 0 Å². The molecule has 0 aromatic carbocycles. The molecule has 0 aromatic heterocycles. The first-order chi connectivity index (χ1) is 38.8. The lowest BCUT2D eigenvalue weighted by molar-refractivity contribution is -0.379. The van der Waals surface area contributed by atoms with Gasteiger partial charge in [-0.3, -0.25) is 4.79 Å². The number of hydrogen-bond donors (Lipinski definition) is 12. The summed E-state index contributed by atoms with van der Waals surface area (Å²) in [5, 5.41) is 120. The van der Waals surface area contributed by atoms with Crippen LogP contribution in [0.15, 0.2) is 36.5 Å². The molecule has 0 aliphatic carbocycles. The summed E-state index contributed by atoms with van der Waals surface area (Å²) in [5.74, 6) is -0.256. The molecule has 19 heteroatoms. The zero-order chi connectivity index (χ0) is 58.3. The maximum Gasteiger partial charge on any atom is 0.220 e. The van der Waals surface area contributed by atoms with Crippen molar-refractivity contribution in [1.82, 2.24) is 5.32 Å². The zero-order valence-electron chi connectivity index (χ0n) is 48.8. The summed E-state index contributed by atoms with van der Waals surface area (Å²) in [6.07, 6.45) is 20.7. The van der Waals surface area contributed by atoms with E-state index in [0.29, 0.717) is 12.8 Å². The number of amides is 1. The topological polar surface area (TPSA) is 307 Å². The van der Waals surface area contributed by atoms with Gasteiger partial charge < -0.3 is 89.9 Å². The Morgan fingerprint density at radius 1 is 0.450 bits per heavy atom. The van der Waals surface area contributed by atoms with E-state index in [-0.39, 0.29) is 18.9 Å². The van der Waals surface area contributed by atoms with E-state index in [1.54, 1.807) is 0 Å². The summed E-state index contributed by atoms with van der Waals surface area (Å²) in [6, 6.07) is -0.894. The summed E-state index contributed by atoms with van der Waals surface area (Å²) in [6.45, 7) is 1.75. The minimum absolute atomic E-state index is 0.252. The Balaban J connectivity index is 1.49. The van der Waals surface area contributed by atoms with Gasteiger partial charge in [0.25, 0.3) is 0 Å². The van der Waals surface area contributed by atoms with E-state index in [9.17, 15) is 61.0 Å². The molecule has 12 N–H and O–H groups in total. The predicted molar refractivity (Wildman–Crippen MR) is 305 cm³/mol. The lowest BCUT2D eigenvalue weighted by Gasteiger charge is -2.48. The first kappa shape index (κ1) is 72.3. The number of ether oxygens (including phenoxy) is 6. The molecule has 0 bridgehead atoms. The average molecular weight is 1150 g/mol. The van der Waals surface area contributed by atoms with Gasteiger partial charge in [0.1, 0.15) is 73.2 Å². The molecule has 3 aliphatic rings. The molecule has 3 rings (SSSR count). The van der Waals surface area contributed by atoms with Gasteiger partial charge >= 0.3 is 0 Å². The van der Waals surface area contributed by atoms with Crippen LogP contribution < -0.4 is 5.32 Å². The Morgan fingerprint density at radius 2 is 0.825 bits per heavy atom. The van der Waals surface area contributed by atoms with Crippen LogP contribution in [0.5, 0.6) is 0 Å². The maximum atomic E-state index is 13.4. The predicted octanol–water partition coefficient (Wildman–Crippen LogP) is 6.10. The number of carbonyl (C=O) groups is 1. The maximum absolute atomic E-state index is 13.4. The van der Waals surface area contributed by atoms with Gasteiger partial charge in [0.05, 0.1) is 38.6 Å². The summed E-state index contributed by atoms with van der Waals surface area (Å²) in [7, 11) is 0. The van der Waals surface area contributed by atoms with Gasteiger partial charge in [-0.1, -0.05) is 192 Å². The van der Waals surface area contributed by atoms with E-state index in [2.05, 4.69) is 55.6 Å². The van der Waals surface area contributed by atoms with Crippen LogP contribution in [0.2, 0.25) is 0 Å². The molecule has 0 saturated carbocycles. The van der Waals surface area contributed by atoms with Gasteiger partial charge in [-0.05, 0) is 51.4 Å². The van der Waals surface area contributed by atoms with Crippen LogP contribution in [-0.2, 0) is 33.2 Å². The molecule has 468 valence electrons. The van der Waals surface area contributed by atoms with Crippen molar-refractivity contribution < 1.29 is 89.4 Å². The highest BCUT2D eigenvalue weighted by Crippen LogP contribution is 2.33. The minimum Gasteiger partial charge on any atom is -0.394 e. The highest BCUT2D eigenvalue weighted by atomic mass is 16.8. The molecule has 3 heterocycles. The minimum atomic E-state index is -1.97. The first-order valence-electron chi connectivity index (χ1n) is 31.2. The van der Waals surface area contributed by atoms with Crippen molar-refractivity contribution in [3.05, 3.63) is 36.5 Å². The largest absolute Gasteiger partial charge is 0.394 e. The average Bonchev–Trinajstić information content (AvgIpc) is 3.50. The molecule has 17 unspecified atom stereocenters.